The normalized spacial score (nSPS) is 30.7. The van der Waals surface area contributed by atoms with Gasteiger partial charge in [0.1, 0.15) is 6.23 Å². The standard InChI is InChI=1S/C6H14N2O/c1-8-4-3-7-6(5-8)9-2/h6-7H,3-5H2,1-2H3/t6-/m0/s1. The minimum Gasteiger partial charge on any atom is -0.365 e. The van der Waals surface area contributed by atoms with E-state index < -0.39 is 0 Å². The van der Waals surface area contributed by atoms with Crippen molar-refractivity contribution in [2.24, 2.45) is 0 Å². The topological polar surface area (TPSA) is 24.5 Å². The average molecular weight is 130 g/mol. The Bertz CT molecular complexity index is 87.1. The summed E-state index contributed by atoms with van der Waals surface area (Å²) in [5.41, 5.74) is 0. The SMILES string of the molecule is CO[C@H]1CN(C)CCN1. The van der Waals surface area contributed by atoms with Gasteiger partial charge in [0, 0.05) is 26.7 Å². The van der Waals surface area contributed by atoms with Gasteiger partial charge in [-0.05, 0) is 7.05 Å². The van der Waals surface area contributed by atoms with E-state index in [1.807, 2.05) is 0 Å². The number of ether oxygens (including phenoxy) is 1. The Kier molecular flexibility index (Phi) is 2.45. The number of hydrogen-bond acceptors (Lipinski definition) is 3. The van der Waals surface area contributed by atoms with Crippen LogP contribution in [0.2, 0.25) is 0 Å². The van der Waals surface area contributed by atoms with E-state index in [-0.39, 0.29) is 6.23 Å². The molecule has 1 aliphatic rings. The summed E-state index contributed by atoms with van der Waals surface area (Å²) in [6, 6.07) is 0. The van der Waals surface area contributed by atoms with Crippen LogP contribution in [0.1, 0.15) is 0 Å². The highest BCUT2D eigenvalue weighted by Crippen LogP contribution is 1.94. The molecule has 0 radical (unpaired) electrons. The molecule has 3 nitrogen and oxygen atoms in total. The number of methoxy groups -OCH3 is 1. The minimum atomic E-state index is 0.240. The third-order valence-corrected chi connectivity index (χ3v) is 1.63. The van der Waals surface area contributed by atoms with Crippen LogP contribution in [0, 0.1) is 0 Å². The van der Waals surface area contributed by atoms with Crippen LogP contribution in [-0.2, 0) is 4.74 Å². The molecule has 1 fully saturated rings. The predicted octanol–water partition coefficient (Wildman–Crippen LogP) is -0.506. The molecule has 1 atom stereocenters. The first-order chi connectivity index (χ1) is 4.33. The summed E-state index contributed by atoms with van der Waals surface area (Å²) in [4.78, 5) is 2.25. The van der Waals surface area contributed by atoms with E-state index in [9.17, 15) is 0 Å². The van der Waals surface area contributed by atoms with Gasteiger partial charge >= 0.3 is 0 Å². The summed E-state index contributed by atoms with van der Waals surface area (Å²) in [7, 11) is 3.84. The molecule has 1 N–H and O–H groups in total. The first-order valence-electron chi connectivity index (χ1n) is 3.27. The van der Waals surface area contributed by atoms with Gasteiger partial charge in [0.15, 0.2) is 0 Å². The van der Waals surface area contributed by atoms with Gasteiger partial charge in [0.05, 0.1) is 0 Å². The van der Waals surface area contributed by atoms with E-state index in [1.54, 1.807) is 7.11 Å². The van der Waals surface area contributed by atoms with Crippen LogP contribution in [0.5, 0.6) is 0 Å². The van der Waals surface area contributed by atoms with Crippen LogP contribution < -0.4 is 5.32 Å². The van der Waals surface area contributed by atoms with E-state index in [0.717, 1.165) is 19.6 Å². The monoisotopic (exact) mass is 130 g/mol. The van der Waals surface area contributed by atoms with Crippen molar-refractivity contribution in [2.75, 3.05) is 33.8 Å². The first kappa shape index (κ1) is 6.99. The fraction of sp³-hybridized carbons (Fsp3) is 1.00. The zero-order chi connectivity index (χ0) is 6.69. The molecular weight excluding hydrogens is 116 g/mol. The van der Waals surface area contributed by atoms with Crippen molar-refractivity contribution in [3.05, 3.63) is 0 Å². The molecule has 0 aromatic heterocycles. The van der Waals surface area contributed by atoms with Crippen LogP contribution in [0.25, 0.3) is 0 Å². The number of likely N-dealkylation sites (N-methyl/N-ethyl adjacent to an activating group) is 1. The Balaban J connectivity index is 2.23. The zero-order valence-electron chi connectivity index (χ0n) is 6.05. The molecule has 1 aliphatic heterocycles. The van der Waals surface area contributed by atoms with Gasteiger partial charge in [-0.2, -0.15) is 0 Å². The van der Waals surface area contributed by atoms with Crippen molar-refractivity contribution in [1.82, 2.24) is 10.2 Å². The van der Waals surface area contributed by atoms with Gasteiger partial charge < -0.3 is 9.64 Å². The number of piperazine rings is 1. The molecule has 54 valence electrons. The second kappa shape index (κ2) is 3.15. The van der Waals surface area contributed by atoms with Crippen molar-refractivity contribution in [1.29, 1.82) is 0 Å². The van der Waals surface area contributed by atoms with Crippen LogP contribution in [-0.4, -0.2) is 44.9 Å². The van der Waals surface area contributed by atoms with Crippen LogP contribution in [0.3, 0.4) is 0 Å². The molecule has 1 saturated heterocycles. The Morgan fingerprint density at radius 2 is 2.44 bits per heavy atom. The molecule has 0 unspecified atom stereocenters. The lowest BCUT2D eigenvalue weighted by Gasteiger charge is -2.29. The smallest absolute Gasteiger partial charge is 0.120 e. The molecule has 0 aliphatic carbocycles. The molecule has 0 bridgehead atoms. The molecule has 1 heterocycles. The molecule has 0 amide bonds. The molecular formula is C6H14N2O. The van der Waals surface area contributed by atoms with E-state index in [0.29, 0.717) is 0 Å². The van der Waals surface area contributed by atoms with Gasteiger partial charge in [0.2, 0.25) is 0 Å². The average Bonchev–Trinajstić information content (AvgIpc) is 1.88. The first-order valence-corrected chi connectivity index (χ1v) is 3.27. The molecule has 0 aromatic rings. The summed E-state index contributed by atoms with van der Waals surface area (Å²) in [5, 5.41) is 3.24. The van der Waals surface area contributed by atoms with E-state index in [2.05, 4.69) is 17.3 Å². The second-order valence-corrected chi connectivity index (χ2v) is 2.44. The van der Waals surface area contributed by atoms with E-state index in [1.165, 1.54) is 0 Å². The number of hydrogen-bond donors (Lipinski definition) is 1. The highest BCUT2D eigenvalue weighted by Gasteiger charge is 2.13. The third-order valence-electron chi connectivity index (χ3n) is 1.63. The fourth-order valence-electron chi connectivity index (χ4n) is 1.01. The summed E-state index contributed by atoms with van der Waals surface area (Å²) < 4.78 is 5.11. The third kappa shape index (κ3) is 1.93. The maximum absolute atomic E-state index is 5.11. The largest absolute Gasteiger partial charge is 0.365 e. The van der Waals surface area contributed by atoms with Crippen molar-refractivity contribution in [3.8, 4) is 0 Å². The van der Waals surface area contributed by atoms with Crippen LogP contribution in [0.15, 0.2) is 0 Å². The van der Waals surface area contributed by atoms with Gasteiger partial charge in [-0.15, -0.1) is 0 Å². The molecule has 9 heavy (non-hydrogen) atoms. The maximum atomic E-state index is 5.11. The number of rotatable bonds is 1. The molecule has 1 rings (SSSR count). The Labute approximate surface area is 56.0 Å². The summed E-state index contributed by atoms with van der Waals surface area (Å²) in [5.74, 6) is 0. The van der Waals surface area contributed by atoms with Gasteiger partial charge in [0.25, 0.3) is 0 Å². The summed E-state index contributed by atoms with van der Waals surface area (Å²) >= 11 is 0. The van der Waals surface area contributed by atoms with Crippen molar-refractivity contribution >= 4 is 0 Å². The molecule has 0 spiro atoms. The van der Waals surface area contributed by atoms with Crippen LogP contribution >= 0.6 is 0 Å². The lowest BCUT2D eigenvalue weighted by Crippen LogP contribution is -2.49. The van der Waals surface area contributed by atoms with Crippen molar-refractivity contribution in [3.63, 3.8) is 0 Å². The van der Waals surface area contributed by atoms with Crippen LogP contribution in [0.4, 0.5) is 0 Å². The van der Waals surface area contributed by atoms with Gasteiger partial charge in [-0.3, -0.25) is 5.32 Å². The lowest BCUT2D eigenvalue weighted by molar-refractivity contribution is 0.0247. The zero-order valence-corrected chi connectivity index (χ0v) is 6.05. The minimum absolute atomic E-state index is 0.240. The second-order valence-electron chi connectivity index (χ2n) is 2.44. The van der Waals surface area contributed by atoms with E-state index >= 15 is 0 Å². The molecule has 0 saturated carbocycles. The number of nitrogens with zero attached hydrogens (tertiary/aromatic N) is 1. The predicted molar refractivity (Wildman–Crippen MR) is 36.3 cm³/mol. The lowest BCUT2D eigenvalue weighted by atomic mass is 10.4. The fourth-order valence-corrected chi connectivity index (χ4v) is 1.01. The van der Waals surface area contributed by atoms with E-state index in [4.69, 9.17) is 4.74 Å². The Morgan fingerprint density at radius 1 is 1.67 bits per heavy atom. The highest BCUT2D eigenvalue weighted by molar-refractivity contribution is 4.68. The van der Waals surface area contributed by atoms with Crippen molar-refractivity contribution in [2.45, 2.75) is 6.23 Å². The van der Waals surface area contributed by atoms with Crippen molar-refractivity contribution < 1.29 is 4.74 Å². The summed E-state index contributed by atoms with van der Waals surface area (Å²) in [6.07, 6.45) is 0.240. The Morgan fingerprint density at radius 3 is 2.89 bits per heavy atom. The molecule has 0 aromatic carbocycles. The highest BCUT2D eigenvalue weighted by atomic mass is 16.5. The number of nitrogens with one attached hydrogen (secondary N) is 1. The summed E-state index contributed by atoms with van der Waals surface area (Å²) in [6.45, 7) is 3.16. The Hall–Kier alpha value is -0.120. The van der Waals surface area contributed by atoms with Gasteiger partial charge in [-0.1, -0.05) is 0 Å². The molecule has 3 heteroatoms. The maximum Gasteiger partial charge on any atom is 0.120 e. The quantitative estimate of drug-likeness (QED) is 0.517. The van der Waals surface area contributed by atoms with Gasteiger partial charge in [-0.25, -0.2) is 0 Å².